The minimum absolute atomic E-state index is 0.176. The Balaban J connectivity index is 0.000000461. The van der Waals surface area contributed by atoms with Crippen LogP contribution in [0.2, 0.25) is 0 Å². The van der Waals surface area contributed by atoms with Crippen molar-refractivity contribution < 1.29 is 8.78 Å². The monoisotopic (exact) mass is 206 g/mol. The van der Waals surface area contributed by atoms with Crippen molar-refractivity contribution in [2.75, 3.05) is 26.7 Å². The summed E-state index contributed by atoms with van der Waals surface area (Å²) in [4.78, 5) is 1.80. The third kappa shape index (κ3) is 2.06. The molecule has 1 atom stereocenters. The Labute approximate surface area is 84.7 Å². The number of likely N-dealkylation sites (tertiary alicyclic amines) is 1. The summed E-state index contributed by atoms with van der Waals surface area (Å²) in [6, 6.07) is -0.507. The predicted octanol–water partition coefficient (Wildman–Crippen LogP) is 1.57. The SMILES string of the molecule is CC.CN1CC2(CNC2)CC1C(F)F. The Hall–Kier alpha value is -0.220. The minimum Gasteiger partial charge on any atom is -0.315 e. The molecule has 2 heterocycles. The van der Waals surface area contributed by atoms with E-state index < -0.39 is 12.5 Å². The highest BCUT2D eigenvalue weighted by atomic mass is 19.3. The molecule has 0 aliphatic carbocycles. The van der Waals surface area contributed by atoms with Crippen molar-refractivity contribution in [1.82, 2.24) is 10.2 Å². The first-order valence-electron chi connectivity index (χ1n) is 5.32. The van der Waals surface area contributed by atoms with Gasteiger partial charge in [-0.05, 0) is 13.5 Å². The standard InChI is InChI=1S/C8H14F2N2.C2H6/c1-12-5-8(3-11-4-8)2-6(12)7(9)10;1-2/h6-7,11H,2-5H2,1H3;1-2H3. The van der Waals surface area contributed by atoms with Crippen molar-refractivity contribution in [1.29, 1.82) is 0 Å². The van der Waals surface area contributed by atoms with E-state index in [1.807, 2.05) is 13.8 Å². The van der Waals surface area contributed by atoms with Crippen molar-refractivity contribution in [2.45, 2.75) is 32.7 Å². The summed E-state index contributed by atoms with van der Waals surface area (Å²) in [5.74, 6) is 0. The molecular formula is C10H20F2N2. The fourth-order valence-corrected chi connectivity index (χ4v) is 2.33. The number of alkyl halides is 2. The van der Waals surface area contributed by atoms with Gasteiger partial charge in [-0.15, -0.1) is 0 Å². The van der Waals surface area contributed by atoms with E-state index >= 15 is 0 Å². The van der Waals surface area contributed by atoms with Crippen LogP contribution in [0.5, 0.6) is 0 Å². The van der Waals surface area contributed by atoms with Gasteiger partial charge in [-0.1, -0.05) is 13.8 Å². The van der Waals surface area contributed by atoms with E-state index in [-0.39, 0.29) is 5.41 Å². The fourth-order valence-electron chi connectivity index (χ4n) is 2.33. The third-order valence-electron chi connectivity index (χ3n) is 3.08. The molecule has 0 aromatic carbocycles. The lowest BCUT2D eigenvalue weighted by Gasteiger charge is -2.39. The molecule has 0 aromatic rings. The molecule has 2 rings (SSSR count). The first kappa shape index (κ1) is 11.9. The van der Waals surface area contributed by atoms with Gasteiger partial charge in [-0.3, -0.25) is 4.90 Å². The molecule has 2 aliphatic heterocycles. The van der Waals surface area contributed by atoms with Crippen molar-refractivity contribution in [3.8, 4) is 0 Å². The highest BCUT2D eigenvalue weighted by Gasteiger charge is 2.48. The maximum atomic E-state index is 12.4. The lowest BCUT2D eigenvalue weighted by molar-refractivity contribution is 0.0579. The predicted molar refractivity (Wildman–Crippen MR) is 53.7 cm³/mol. The molecule has 2 nitrogen and oxygen atoms in total. The maximum Gasteiger partial charge on any atom is 0.253 e. The van der Waals surface area contributed by atoms with Gasteiger partial charge in [0.2, 0.25) is 0 Å². The van der Waals surface area contributed by atoms with E-state index in [2.05, 4.69) is 5.32 Å². The van der Waals surface area contributed by atoms with Crippen molar-refractivity contribution in [2.24, 2.45) is 5.41 Å². The summed E-state index contributed by atoms with van der Waals surface area (Å²) in [7, 11) is 1.80. The normalized spacial score (nSPS) is 30.0. The summed E-state index contributed by atoms with van der Waals surface area (Å²) in [5, 5.41) is 3.15. The van der Waals surface area contributed by atoms with Gasteiger partial charge in [0.1, 0.15) is 0 Å². The molecule has 0 aromatic heterocycles. The van der Waals surface area contributed by atoms with Gasteiger partial charge < -0.3 is 5.32 Å². The lowest BCUT2D eigenvalue weighted by Crippen LogP contribution is -2.54. The van der Waals surface area contributed by atoms with Gasteiger partial charge in [0, 0.05) is 25.0 Å². The second kappa shape index (κ2) is 4.53. The van der Waals surface area contributed by atoms with Crippen LogP contribution in [0.15, 0.2) is 0 Å². The molecule has 4 heteroatoms. The van der Waals surface area contributed by atoms with Crippen LogP contribution >= 0.6 is 0 Å². The Bertz CT molecular complexity index is 181. The van der Waals surface area contributed by atoms with E-state index in [0.29, 0.717) is 6.42 Å². The molecule has 14 heavy (non-hydrogen) atoms. The van der Waals surface area contributed by atoms with Crippen molar-refractivity contribution in [3.05, 3.63) is 0 Å². The summed E-state index contributed by atoms with van der Waals surface area (Å²) in [6.07, 6.45) is -1.52. The van der Waals surface area contributed by atoms with Crippen LogP contribution in [0.4, 0.5) is 8.78 Å². The zero-order chi connectivity index (χ0) is 10.8. The average molecular weight is 206 g/mol. The zero-order valence-electron chi connectivity index (χ0n) is 9.19. The van der Waals surface area contributed by atoms with E-state index in [1.54, 1.807) is 11.9 Å². The van der Waals surface area contributed by atoms with E-state index in [0.717, 1.165) is 19.6 Å². The van der Waals surface area contributed by atoms with E-state index in [9.17, 15) is 8.78 Å². The number of nitrogens with one attached hydrogen (secondary N) is 1. The van der Waals surface area contributed by atoms with Crippen LogP contribution < -0.4 is 5.32 Å². The number of halogens is 2. The van der Waals surface area contributed by atoms with Gasteiger partial charge in [-0.2, -0.15) is 0 Å². The van der Waals surface area contributed by atoms with Crippen molar-refractivity contribution >= 4 is 0 Å². The molecule has 0 radical (unpaired) electrons. The summed E-state index contributed by atoms with van der Waals surface area (Å²) in [6.45, 7) is 6.66. The molecular weight excluding hydrogens is 186 g/mol. The smallest absolute Gasteiger partial charge is 0.253 e. The molecule has 1 spiro atoms. The second-order valence-corrected chi connectivity index (χ2v) is 4.12. The van der Waals surface area contributed by atoms with Crippen LogP contribution in [-0.4, -0.2) is 44.0 Å². The minimum atomic E-state index is -2.19. The summed E-state index contributed by atoms with van der Waals surface area (Å²) >= 11 is 0. The molecule has 84 valence electrons. The molecule has 2 aliphatic rings. The first-order valence-corrected chi connectivity index (χ1v) is 5.32. The topological polar surface area (TPSA) is 15.3 Å². The number of rotatable bonds is 1. The molecule has 2 saturated heterocycles. The Morgan fingerprint density at radius 3 is 2.14 bits per heavy atom. The molecule has 0 saturated carbocycles. The van der Waals surface area contributed by atoms with Gasteiger partial charge in [0.05, 0.1) is 6.04 Å². The quantitative estimate of drug-likeness (QED) is 0.700. The molecule has 0 amide bonds. The molecule has 1 N–H and O–H groups in total. The molecule has 0 bridgehead atoms. The van der Waals surface area contributed by atoms with Crippen LogP contribution in [0, 0.1) is 5.41 Å². The maximum absolute atomic E-state index is 12.4. The molecule has 2 fully saturated rings. The van der Waals surface area contributed by atoms with Gasteiger partial charge in [-0.25, -0.2) is 8.78 Å². The number of hydrogen-bond acceptors (Lipinski definition) is 2. The Kier molecular flexibility index (Phi) is 3.84. The number of hydrogen-bond donors (Lipinski definition) is 1. The first-order chi connectivity index (χ1) is 6.63. The van der Waals surface area contributed by atoms with Crippen LogP contribution in [0.1, 0.15) is 20.3 Å². The van der Waals surface area contributed by atoms with Crippen LogP contribution in [0.3, 0.4) is 0 Å². The Morgan fingerprint density at radius 2 is 1.93 bits per heavy atom. The second-order valence-electron chi connectivity index (χ2n) is 4.12. The average Bonchev–Trinajstić information content (AvgIpc) is 2.46. The van der Waals surface area contributed by atoms with Gasteiger partial charge in [0.15, 0.2) is 0 Å². The van der Waals surface area contributed by atoms with Crippen LogP contribution in [0.25, 0.3) is 0 Å². The lowest BCUT2D eigenvalue weighted by atomic mass is 9.80. The fraction of sp³-hybridized carbons (Fsp3) is 1.00. The van der Waals surface area contributed by atoms with Crippen molar-refractivity contribution in [3.63, 3.8) is 0 Å². The third-order valence-corrected chi connectivity index (χ3v) is 3.08. The van der Waals surface area contributed by atoms with E-state index in [4.69, 9.17) is 0 Å². The summed E-state index contributed by atoms with van der Waals surface area (Å²) < 4.78 is 24.9. The van der Waals surface area contributed by atoms with E-state index in [1.165, 1.54) is 0 Å². The largest absolute Gasteiger partial charge is 0.315 e. The van der Waals surface area contributed by atoms with Crippen LogP contribution in [-0.2, 0) is 0 Å². The number of nitrogens with zero attached hydrogens (tertiary/aromatic N) is 1. The highest BCUT2D eigenvalue weighted by Crippen LogP contribution is 2.38. The molecule has 1 unspecified atom stereocenters. The van der Waals surface area contributed by atoms with Gasteiger partial charge in [0.25, 0.3) is 6.43 Å². The Morgan fingerprint density at radius 1 is 1.36 bits per heavy atom. The van der Waals surface area contributed by atoms with Gasteiger partial charge >= 0.3 is 0 Å². The summed E-state index contributed by atoms with van der Waals surface area (Å²) in [5.41, 5.74) is 0.176. The highest BCUT2D eigenvalue weighted by molar-refractivity contribution is 5.03. The zero-order valence-corrected chi connectivity index (χ0v) is 9.19.